The highest BCUT2D eigenvalue weighted by Crippen LogP contribution is 2.30. The van der Waals surface area contributed by atoms with Crippen LogP contribution >= 0.6 is 23.1 Å². The molecule has 0 aliphatic carbocycles. The van der Waals surface area contributed by atoms with Gasteiger partial charge in [-0.25, -0.2) is 4.98 Å². The van der Waals surface area contributed by atoms with E-state index in [1.54, 1.807) is 4.57 Å². The summed E-state index contributed by atoms with van der Waals surface area (Å²) in [6, 6.07) is 9.77. The molecule has 0 unspecified atom stereocenters. The van der Waals surface area contributed by atoms with Crippen LogP contribution < -0.4 is 10.9 Å². The van der Waals surface area contributed by atoms with Gasteiger partial charge in [-0.1, -0.05) is 42.1 Å². The fourth-order valence-corrected chi connectivity index (χ4v) is 5.45. The molecule has 2 aromatic heterocycles. The van der Waals surface area contributed by atoms with Crippen LogP contribution in [0.5, 0.6) is 0 Å². The molecule has 0 radical (unpaired) electrons. The van der Waals surface area contributed by atoms with Crippen LogP contribution in [0.15, 0.2) is 40.3 Å². The summed E-state index contributed by atoms with van der Waals surface area (Å²) in [6.45, 7) is 11.5. The van der Waals surface area contributed by atoms with Gasteiger partial charge in [0.15, 0.2) is 5.16 Å². The van der Waals surface area contributed by atoms with E-state index in [0.29, 0.717) is 36.7 Å². The van der Waals surface area contributed by atoms with Gasteiger partial charge in [0.2, 0.25) is 5.91 Å². The predicted octanol–water partition coefficient (Wildman–Crippen LogP) is 4.86. The second-order valence-electron chi connectivity index (χ2n) is 7.77. The van der Waals surface area contributed by atoms with Gasteiger partial charge in [0.1, 0.15) is 4.83 Å². The second kappa shape index (κ2) is 11.1. The van der Waals surface area contributed by atoms with Crippen molar-refractivity contribution in [1.29, 1.82) is 0 Å². The highest BCUT2D eigenvalue weighted by Gasteiger charge is 2.22. The van der Waals surface area contributed by atoms with Crippen molar-refractivity contribution in [3.05, 3.63) is 56.7 Å². The number of aromatic nitrogens is 2. The van der Waals surface area contributed by atoms with Gasteiger partial charge in [0.05, 0.1) is 16.7 Å². The molecule has 0 fully saturated rings. The van der Waals surface area contributed by atoms with Crippen LogP contribution in [0.25, 0.3) is 10.2 Å². The molecule has 6 nitrogen and oxygen atoms in total. The number of thioether (sulfide) groups is 1. The Balaban J connectivity index is 1.83. The van der Waals surface area contributed by atoms with E-state index >= 15 is 0 Å². The lowest BCUT2D eigenvalue weighted by atomic mass is 10.1. The first-order valence-electron chi connectivity index (χ1n) is 10.9. The Morgan fingerprint density at radius 1 is 1.25 bits per heavy atom. The van der Waals surface area contributed by atoms with Crippen LogP contribution in [0, 0.1) is 13.8 Å². The Morgan fingerprint density at radius 3 is 2.66 bits per heavy atom. The van der Waals surface area contributed by atoms with Crippen LogP contribution in [-0.2, 0) is 16.1 Å². The number of hydrogen-bond donors (Lipinski definition) is 1. The zero-order chi connectivity index (χ0) is 23.3. The van der Waals surface area contributed by atoms with Crippen molar-refractivity contribution in [2.75, 3.05) is 13.2 Å². The molecular weight excluding hydrogens is 442 g/mol. The molecule has 0 saturated heterocycles. The molecule has 0 aliphatic heterocycles. The molecule has 0 spiro atoms. The lowest BCUT2D eigenvalue weighted by Gasteiger charge is -2.19. The highest BCUT2D eigenvalue weighted by molar-refractivity contribution is 8.00. The summed E-state index contributed by atoms with van der Waals surface area (Å²) in [4.78, 5) is 32.8. The monoisotopic (exact) mass is 473 g/mol. The molecule has 3 rings (SSSR count). The zero-order valence-electron chi connectivity index (χ0n) is 19.3. The summed E-state index contributed by atoms with van der Waals surface area (Å²) < 4.78 is 7.15. The third-order valence-electron chi connectivity index (χ3n) is 5.44. The van der Waals surface area contributed by atoms with E-state index in [9.17, 15) is 9.59 Å². The molecule has 0 bridgehead atoms. The van der Waals surface area contributed by atoms with E-state index < -0.39 is 5.25 Å². The normalized spacial score (nSPS) is 13.3. The molecule has 1 N–H and O–H groups in total. The third kappa shape index (κ3) is 5.60. The molecule has 1 amide bonds. The summed E-state index contributed by atoms with van der Waals surface area (Å²) in [5.41, 5.74) is 2.00. The molecule has 0 saturated carbocycles. The molecule has 8 heteroatoms. The summed E-state index contributed by atoms with van der Waals surface area (Å²) in [6.07, 6.45) is 0.711. The average Bonchev–Trinajstić information content (AvgIpc) is 3.06. The number of amides is 1. The molecule has 3 aromatic rings. The van der Waals surface area contributed by atoms with Crippen LogP contribution in [-0.4, -0.2) is 33.9 Å². The van der Waals surface area contributed by atoms with Crippen LogP contribution in [0.3, 0.4) is 0 Å². The number of rotatable bonds is 10. The molecule has 2 heterocycles. The predicted molar refractivity (Wildman–Crippen MR) is 133 cm³/mol. The van der Waals surface area contributed by atoms with Gasteiger partial charge >= 0.3 is 0 Å². The minimum Gasteiger partial charge on any atom is -0.382 e. The number of carbonyl (C=O) groups is 1. The van der Waals surface area contributed by atoms with E-state index in [1.165, 1.54) is 23.1 Å². The lowest BCUT2D eigenvalue weighted by molar-refractivity contribution is -0.120. The zero-order valence-corrected chi connectivity index (χ0v) is 20.9. The van der Waals surface area contributed by atoms with Gasteiger partial charge in [-0.05, 0) is 52.2 Å². The quantitative estimate of drug-likeness (QED) is 0.259. The number of aryl methyl sites for hydroxylation is 2. The van der Waals surface area contributed by atoms with Gasteiger partial charge < -0.3 is 10.1 Å². The van der Waals surface area contributed by atoms with E-state index in [-0.39, 0.29) is 17.5 Å². The number of carbonyl (C=O) groups excluding carboxylic acids is 1. The van der Waals surface area contributed by atoms with E-state index in [2.05, 4.69) is 5.32 Å². The molecule has 172 valence electrons. The highest BCUT2D eigenvalue weighted by atomic mass is 32.2. The van der Waals surface area contributed by atoms with Gasteiger partial charge in [-0.15, -0.1) is 11.3 Å². The summed E-state index contributed by atoms with van der Waals surface area (Å²) >= 11 is 2.86. The number of ether oxygens (including phenoxy) is 1. The number of fused-ring (bicyclic) bond motifs is 1. The van der Waals surface area contributed by atoms with Crippen LogP contribution in [0.1, 0.15) is 49.2 Å². The van der Waals surface area contributed by atoms with Gasteiger partial charge in [0, 0.05) is 24.6 Å². The Labute approximate surface area is 197 Å². The number of hydrogen-bond acceptors (Lipinski definition) is 6. The SMILES string of the molecule is CCOCCCn1c(S[C@@H](C)C(=O)N[C@H](C)c2ccccc2)nc2sc(C)c(C)c2c1=O. The van der Waals surface area contributed by atoms with Gasteiger partial charge in [-0.3, -0.25) is 14.2 Å². The molecular formula is C24H31N3O3S2. The van der Waals surface area contributed by atoms with Crippen molar-refractivity contribution >= 4 is 39.2 Å². The maximum absolute atomic E-state index is 13.3. The van der Waals surface area contributed by atoms with Gasteiger partial charge in [-0.2, -0.15) is 0 Å². The summed E-state index contributed by atoms with van der Waals surface area (Å²) in [7, 11) is 0. The topological polar surface area (TPSA) is 73.2 Å². The van der Waals surface area contributed by atoms with Crippen molar-refractivity contribution < 1.29 is 9.53 Å². The Morgan fingerprint density at radius 2 is 1.97 bits per heavy atom. The Bertz CT molecular complexity index is 1120. The summed E-state index contributed by atoms with van der Waals surface area (Å²) in [5, 5.41) is 3.93. The minimum atomic E-state index is -0.397. The van der Waals surface area contributed by atoms with Crippen molar-refractivity contribution in [2.45, 2.75) is 64.0 Å². The largest absolute Gasteiger partial charge is 0.382 e. The fraction of sp³-hybridized carbons (Fsp3) is 0.458. The first-order valence-corrected chi connectivity index (χ1v) is 12.6. The molecule has 2 atom stereocenters. The van der Waals surface area contributed by atoms with Crippen molar-refractivity contribution in [3.63, 3.8) is 0 Å². The van der Waals surface area contributed by atoms with Crippen molar-refractivity contribution in [1.82, 2.24) is 14.9 Å². The third-order valence-corrected chi connectivity index (χ3v) is 7.63. The number of nitrogens with zero attached hydrogens (tertiary/aromatic N) is 2. The average molecular weight is 474 g/mol. The fourth-order valence-electron chi connectivity index (χ4n) is 3.43. The molecule has 32 heavy (non-hydrogen) atoms. The van der Waals surface area contributed by atoms with E-state index in [0.717, 1.165) is 20.8 Å². The van der Waals surface area contributed by atoms with Gasteiger partial charge in [0.25, 0.3) is 5.56 Å². The maximum atomic E-state index is 13.3. The number of thiophene rings is 1. The maximum Gasteiger partial charge on any atom is 0.263 e. The smallest absolute Gasteiger partial charge is 0.263 e. The summed E-state index contributed by atoms with van der Waals surface area (Å²) in [5.74, 6) is -0.0832. The Kier molecular flexibility index (Phi) is 8.51. The van der Waals surface area contributed by atoms with E-state index in [4.69, 9.17) is 9.72 Å². The minimum absolute atomic E-state index is 0.0406. The van der Waals surface area contributed by atoms with Crippen LogP contribution in [0.2, 0.25) is 0 Å². The van der Waals surface area contributed by atoms with Crippen molar-refractivity contribution in [3.8, 4) is 0 Å². The first-order chi connectivity index (χ1) is 15.3. The molecule has 0 aliphatic rings. The standard InChI is InChI=1S/C24H31N3O3S2/c1-6-30-14-10-13-27-23(29)20-15(2)17(4)31-22(20)26-24(27)32-18(5)21(28)25-16(3)19-11-8-7-9-12-19/h7-9,11-12,16,18H,6,10,13-14H2,1-5H3,(H,25,28)/t16-,18+/m1/s1. The molecule has 1 aromatic carbocycles. The number of nitrogens with one attached hydrogen (secondary N) is 1. The first kappa shape index (κ1) is 24.5. The second-order valence-corrected chi connectivity index (χ2v) is 10.3. The Hall–Kier alpha value is -2.16. The van der Waals surface area contributed by atoms with E-state index in [1.807, 2.05) is 65.0 Å². The van der Waals surface area contributed by atoms with Crippen molar-refractivity contribution in [2.24, 2.45) is 0 Å². The lowest BCUT2D eigenvalue weighted by Crippen LogP contribution is -2.34. The number of benzene rings is 1. The van der Waals surface area contributed by atoms with Crippen LogP contribution in [0.4, 0.5) is 0 Å².